The second-order valence-corrected chi connectivity index (χ2v) is 4.95. The van der Waals surface area contributed by atoms with Crippen LogP contribution in [-0.4, -0.2) is 30.1 Å². The molecule has 0 radical (unpaired) electrons. The molecule has 0 spiro atoms. The molecular weight excluding hydrogens is 172 g/mol. The summed E-state index contributed by atoms with van der Waals surface area (Å²) in [5.41, 5.74) is 5.78. The van der Waals surface area contributed by atoms with Gasteiger partial charge >= 0.3 is 0 Å². The molecule has 0 unspecified atom stereocenters. The molecule has 0 amide bonds. The Hall–Kier alpha value is -0.0800. The molecule has 0 bridgehead atoms. The molecular formula is C12H28N2. The maximum absolute atomic E-state index is 5.46. The molecule has 0 aromatic carbocycles. The van der Waals surface area contributed by atoms with Gasteiger partial charge in [-0.15, -0.1) is 0 Å². The summed E-state index contributed by atoms with van der Waals surface area (Å²) in [5.74, 6) is 0. The maximum Gasteiger partial charge on any atom is 0.0124 e. The lowest BCUT2D eigenvalue weighted by atomic mass is 10.1. The molecule has 14 heavy (non-hydrogen) atoms. The molecule has 0 atom stereocenters. The van der Waals surface area contributed by atoms with Crippen molar-refractivity contribution in [3.8, 4) is 0 Å². The lowest BCUT2D eigenvalue weighted by Crippen LogP contribution is -2.41. The van der Waals surface area contributed by atoms with Crippen LogP contribution in [0.15, 0.2) is 0 Å². The first-order valence-electron chi connectivity index (χ1n) is 5.97. The van der Waals surface area contributed by atoms with Crippen LogP contribution < -0.4 is 5.73 Å². The summed E-state index contributed by atoms with van der Waals surface area (Å²) in [4.78, 5) is 2.54. The van der Waals surface area contributed by atoms with Crippen LogP contribution in [0.1, 0.15) is 53.4 Å². The fourth-order valence-corrected chi connectivity index (χ4v) is 1.77. The zero-order valence-corrected chi connectivity index (χ0v) is 10.5. The molecule has 86 valence electrons. The molecule has 2 nitrogen and oxygen atoms in total. The summed E-state index contributed by atoms with van der Waals surface area (Å²) in [6, 6.07) is 0. The highest BCUT2D eigenvalue weighted by molar-refractivity contribution is 4.74. The Morgan fingerprint density at radius 2 is 1.57 bits per heavy atom. The minimum Gasteiger partial charge on any atom is -0.330 e. The van der Waals surface area contributed by atoms with E-state index in [0.717, 1.165) is 13.1 Å². The van der Waals surface area contributed by atoms with Crippen molar-refractivity contribution in [2.75, 3.05) is 19.6 Å². The SMILES string of the molecule is CCN(CCCCCCN)C(C)(C)C. The number of nitrogens with zero attached hydrogens (tertiary/aromatic N) is 1. The predicted octanol–water partition coefficient (Wildman–Crippen LogP) is 2.63. The van der Waals surface area contributed by atoms with Gasteiger partial charge < -0.3 is 5.73 Å². The molecule has 0 aromatic rings. The van der Waals surface area contributed by atoms with Crippen LogP contribution >= 0.6 is 0 Å². The van der Waals surface area contributed by atoms with E-state index in [1.54, 1.807) is 0 Å². The number of unbranched alkanes of at least 4 members (excludes halogenated alkanes) is 3. The molecule has 0 heterocycles. The quantitative estimate of drug-likeness (QED) is 0.640. The van der Waals surface area contributed by atoms with Crippen LogP contribution in [0.3, 0.4) is 0 Å². The molecule has 0 aliphatic heterocycles. The molecule has 0 aliphatic carbocycles. The third-order valence-electron chi connectivity index (χ3n) is 2.71. The largest absolute Gasteiger partial charge is 0.330 e. The zero-order chi connectivity index (χ0) is 11.0. The van der Waals surface area contributed by atoms with E-state index in [9.17, 15) is 0 Å². The minimum absolute atomic E-state index is 0.322. The summed E-state index contributed by atoms with van der Waals surface area (Å²) in [7, 11) is 0. The molecule has 0 fully saturated rings. The van der Waals surface area contributed by atoms with Crippen molar-refractivity contribution in [1.82, 2.24) is 4.90 Å². The van der Waals surface area contributed by atoms with E-state index in [4.69, 9.17) is 5.73 Å². The molecule has 0 rings (SSSR count). The first-order valence-corrected chi connectivity index (χ1v) is 5.97. The van der Waals surface area contributed by atoms with Crippen LogP contribution in [-0.2, 0) is 0 Å². The molecule has 0 saturated heterocycles. The van der Waals surface area contributed by atoms with Crippen LogP contribution in [0, 0.1) is 0 Å². The summed E-state index contributed by atoms with van der Waals surface area (Å²) in [5, 5.41) is 0. The Bertz CT molecular complexity index is 127. The van der Waals surface area contributed by atoms with Crippen molar-refractivity contribution >= 4 is 0 Å². The second-order valence-electron chi connectivity index (χ2n) is 4.95. The van der Waals surface area contributed by atoms with Crippen molar-refractivity contribution in [1.29, 1.82) is 0 Å². The Labute approximate surface area is 89.9 Å². The average Bonchev–Trinajstić information content (AvgIpc) is 2.09. The summed E-state index contributed by atoms with van der Waals surface area (Å²) < 4.78 is 0. The van der Waals surface area contributed by atoms with Gasteiger partial charge in [-0.3, -0.25) is 4.90 Å². The van der Waals surface area contributed by atoms with Gasteiger partial charge in [-0.25, -0.2) is 0 Å². The van der Waals surface area contributed by atoms with E-state index >= 15 is 0 Å². The topological polar surface area (TPSA) is 29.3 Å². The Kier molecular flexibility index (Phi) is 7.20. The van der Waals surface area contributed by atoms with Crippen LogP contribution in [0.4, 0.5) is 0 Å². The zero-order valence-electron chi connectivity index (χ0n) is 10.5. The molecule has 0 saturated carbocycles. The van der Waals surface area contributed by atoms with Crippen molar-refractivity contribution in [2.24, 2.45) is 5.73 Å². The Morgan fingerprint density at radius 3 is 2.00 bits per heavy atom. The van der Waals surface area contributed by atoms with Gasteiger partial charge in [0.25, 0.3) is 0 Å². The lowest BCUT2D eigenvalue weighted by Gasteiger charge is -2.34. The summed E-state index contributed by atoms with van der Waals surface area (Å²) >= 11 is 0. The van der Waals surface area contributed by atoms with E-state index in [1.165, 1.54) is 32.2 Å². The lowest BCUT2D eigenvalue weighted by molar-refractivity contribution is 0.142. The average molecular weight is 200 g/mol. The van der Waals surface area contributed by atoms with Crippen molar-refractivity contribution < 1.29 is 0 Å². The van der Waals surface area contributed by atoms with Crippen LogP contribution in [0.25, 0.3) is 0 Å². The summed E-state index contributed by atoms with van der Waals surface area (Å²) in [6.07, 6.45) is 5.11. The number of nitrogens with two attached hydrogens (primary N) is 1. The third-order valence-corrected chi connectivity index (χ3v) is 2.71. The monoisotopic (exact) mass is 200 g/mol. The van der Waals surface area contributed by atoms with Crippen molar-refractivity contribution in [3.05, 3.63) is 0 Å². The summed E-state index contributed by atoms with van der Waals surface area (Å²) in [6.45, 7) is 12.3. The standard InChI is InChI=1S/C12H28N2/c1-5-14(12(2,3)4)11-9-7-6-8-10-13/h5-11,13H2,1-4H3. The van der Waals surface area contributed by atoms with Gasteiger partial charge in [0.1, 0.15) is 0 Å². The first kappa shape index (κ1) is 13.9. The third kappa shape index (κ3) is 6.39. The van der Waals surface area contributed by atoms with Gasteiger partial charge in [0.2, 0.25) is 0 Å². The molecule has 0 aromatic heterocycles. The van der Waals surface area contributed by atoms with E-state index in [-0.39, 0.29) is 0 Å². The normalized spacial score (nSPS) is 12.4. The van der Waals surface area contributed by atoms with Crippen molar-refractivity contribution in [3.63, 3.8) is 0 Å². The van der Waals surface area contributed by atoms with Gasteiger partial charge in [0.15, 0.2) is 0 Å². The van der Waals surface area contributed by atoms with E-state index in [1.807, 2.05) is 0 Å². The van der Waals surface area contributed by atoms with E-state index in [0.29, 0.717) is 5.54 Å². The Balaban J connectivity index is 3.54. The highest BCUT2D eigenvalue weighted by atomic mass is 15.2. The molecule has 2 N–H and O–H groups in total. The van der Waals surface area contributed by atoms with Crippen molar-refractivity contribution in [2.45, 2.75) is 58.9 Å². The maximum atomic E-state index is 5.46. The number of rotatable bonds is 7. The highest BCUT2D eigenvalue weighted by Gasteiger charge is 2.18. The minimum atomic E-state index is 0.322. The first-order chi connectivity index (χ1) is 6.52. The fourth-order valence-electron chi connectivity index (χ4n) is 1.77. The van der Waals surface area contributed by atoms with Gasteiger partial charge in [-0.2, -0.15) is 0 Å². The van der Waals surface area contributed by atoms with Gasteiger partial charge in [0, 0.05) is 5.54 Å². The number of hydrogen-bond donors (Lipinski definition) is 1. The van der Waals surface area contributed by atoms with Gasteiger partial charge in [-0.05, 0) is 53.2 Å². The molecule has 0 aliphatic rings. The Morgan fingerprint density at radius 1 is 1.00 bits per heavy atom. The van der Waals surface area contributed by atoms with Gasteiger partial charge in [0.05, 0.1) is 0 Å². The predicted molar refractivity (Wildman–Crippen MR) is 64.5 cm³/mol. The van der Waals surface area contributed by atoms with Crippen LogP contribution in [0.5, 0.6) is 0 Å². The molecule has 2 heteroatoms. The van der Waals surface area contributed by atoms with E-state index < -0.39 is 0 Å². The number of hydrogen-bond acceptors (Lipinski definition) is 2. The van der Waals surface area contributed by atoms with Gasteiger partial charge in [-0.1, -0.05) is 19.8 Å². The fraction of sp³-hybridized carbons (Fsp3) is 1.00. The smallest absolute Gasteiger partial charge is 0.0124 e. The second kappa shape index (κ2) is 7.24. The highest BCUT2D eigenvalue weighted by Crippen LogP contribution is 2.13. The van der Waals surface area contributed by atoms with E-state index in [2.05, 4.69) is 32.6 Å². The van der Waals surface area contributed by atoms with Crippen LogP contribution in [0.2, 0.25) is 0 Å².